The summed E-state index contributed by atoms with van der Waals surface area (Å²) in [5.74, 6) is 0.565. The van der Waals surface area contributed by atoms with Gasteiger partial charge in [-0.15, -0.1) is 0 Å². The molecule has 1 rings (SSSR count). The third-order valence-corrected chi connectivity index (χ3v) is 2.69. The molecular weight excluding hydrogens is 186 g/mol. The number of carbonyl (C=O) groups is 1. The second-order valence-corrected chi connectivity index (χ2v) is 4.21. The topological polar surface area (TPSA) is 43.1 Å². The fourth-order valence-corrected chi connectivity index (χ4v) is 1.70. The quantitative estimate of drug-likeness (QED) is 0.799. The van der Waals surface area contributed by atoms with Crippen molar-refractivity contribution in [3.63, 3.8) is 0 Å². The maximum Gasteiger partial charge on any atom is 0.141 e. The van der Waals surface area contributed by atoms with Crippen LogP contribution in [0.2, 0.25) is 0 Å². The third-order valence-electron chi connectivity index (χ3n) is 2.69. The lowest BCUT2D eigenvalue weighted by Crippen LogP contribution is -2.29. The molecule has 1 aromatic rings. The van der Waals surface area contributed by atoms with Gasteiger partial charge in [0.15, 0.2) is 0 Å². The Kier molecular flexibility index (Phi) is 4.50. The fraction of sp³-hybridized carbons (Fsp3) is 0.462. The van der Waals surface area contributed by atoms with E-state index in [9.17, 15) is 4.79 Å². The first-order valence-electron chi connectivity index (χ1n) is 5.42. The summed E-state index contributed by atoms with van der Waals surface area (Å²) in [6, 6.07) is 9.82. The van der Waals surface area contributed by atoms with Gasteiger partial charge in [0, 0.05) is 18.9 Å². The highest BCUT2D eigenvalue weighted by atomic mass is 16.1. The van der Waals surface area contributed by atoms with Gasteiger partial charge in [-0.3, -0.25) is 4.79 Å². The van der Waals surface area contributed by atoms with Crippen LogP contribution in [-0.4, -0.2) is 12.3 Å². The minimum atomic E-state index is -0.00907. The van der Waals surface area contributed by atoms with Crippen LogP contribution in [0.4, 0.5) is 0 Å². The monoisotopic (exact) mass is 205 g/mol. The molecule has 1 atom stereocenters. The molecule has 0 saturated heterocycles. The predicted octanol–water partition coefficient (Wildman–Crippen LogP) is 2.03. The van der Waals surface area contributed by atoms with E-state index in [0.29, 0.717) is 18.9 Å². The van der Waals surface area contributed by atoms with Crippen molar-refractivity contribution in [2.45, 2.75) is 20.3 Å². The van der Waals surface area contributed by atoms with Crippen molar-refractivity contribution in [3.05, 3.63) is 35.9 Å². The SMILES string of the molecule is CC(C)C(CN)C(=O)Cc1ccccc1. The predicted molar refractivity (Wildman–Crippen MR) is 62.5 cm³/mol. The molecule has 0 aromatic heterocycles. The Morgan fingerprint density at radius 3 is 2.33 bits per heavy atom. The molecule has 0 aliphatic heterocycles. The van der Waals surface area contributed by atoms with Gasteiger partial charge >= 0.3 is 0 Å². The van der Waals surface area contributed by atoms with E-state index in [1.165, 1.54) is 0 Å². The smallest absolute Gasteiger partial charge is 0.141 e. The molecule has 2 N–H and O–H groups in total. The second-order valence-electron chi connectivity index (χ2n) is 4.21. The van der Waals surface area contributed by atoms with Crippen LogP contribution in [0.15, 0.2) is 30.3 Å². The largest absolute Gasteiger partial charge is 0.330 e. The van der Waals surface area contributed by atoms with Crippen molar-refractivity contribution in [1.82, 2.24) is 0 Å². The van der Waals surface area contributed by atoms with Crippen LogP contribution >= 0.6 is 0 Å². The molecule has 15 heavy (non-hydrogen) atoms. The molecule has 82 valence electrons. The summed E-state index contributed by atoms with van der Waals surface area (Å²) in [6.45, 7) is 4.53. The molecule has 2 heteroatoms. The number of nitrogens with two attached hydrogens (primary N) is 1. The number of Topliss-reactive ketones (excluding diaryl/α,β-unsaturated/α-hetero) is 1. The van der Waals surface area contributed by atoms with Gasteiger partial charge in [0.25, 0.3) is 0 Å². The number of benzene rings is 1. The van der Waals surface area contributed by atoms with E-state index < -0.39 is 0 Å². The van der Waals surface area contributed by atoms with Crippen molar-refractivity contribution in [1.29, 1.82) is 0 Å². The minimum Gasteiger partial charge on any atom is -0.330 e. The average Bonchev–Trinajstić information content (AvgIpc) is 2.19. The lowest BCUT2D eigenvalue weighted by molar-refractivity contribution is -0.123. The van der Waals surface area contributed by atoms with Gasteiger partial charge in [-0.05, 0) is 11.5 Å². The van der Waals surface area contributed by atoms with Crippen molar-refractivity contribution in [3.8, 4) is 0 Å². The summed E-state index contributed by atoms with van der Waals surface area (Å²) < 4.78 is 0. The first-order chi connectivity index (χ1) is 7.15. The number of carbonyl (C=O) groups excluding carboxylic acids is 1. The third kappa shape index (κ3) is 3.48. The lowest BCUT2D eigenvalue weighted by atomic mass is 9.88. The summed E-state index contributed by atoms with van der Waals surface area (Å²) in [5.41, 5.74) is 6.68. The summed E-state index contributed by atoms with van der Waals surface area (Å²) in [7, 11) is 0. The van der Waals surface area contributed by atoms with Gasteiger partial charge in [0.1, 0.15) is 5.78 Å². The van der Waals surface area contributed by atoms with E-state index in [1.54, 1.807) is 0 Å². The van der Waals surface area contributed by atoms with Crippen molar-refractivity contribution < 1.29 is 4.79 Å². The highest BCUT2D eigenvalue weighted by Crippen LogP contribution is 2.13. The molecule has 0 aliphatic carbocycles. The van der Waals surface area contributed by atoms with E-state index in [4.69, 9.17) is 5.73 Å². The molecule has 0 radical (unpaired) electrons. The number of ketones is 1. The van der Waals surface area contributed by atoms with Gasteiger partial charge in [-0.1, -0.05) is 44.2 Å². The number of rotatable bonds is 5. The van der Waals surface area contributed by atoms with Crippen LogP contribution in [-0.2, 0) is 11.2 Å². The zero-order valence-corrected chi connectivity index (χ0v) is 9.44. The van der Waals surface area contributed by atoms with Gasteiger partial charge in [-0.25, -0.2) is 0 Å². The van der Waals surface area contributed by atoms with E-state index in [-0.39, 0.29) is 11.7 Å². The first-order valence-corrected chi connectivity index (χ1v) is 5.42. The molecule has 2 nitrogen and oxygen atoms in total. The van der Waals surface area contributed by atoms with Crippen molar-refractivity contribution >= 4 is 5.78 Å². The molecule has 0 heterocycles. The Labute approximate surface area is 91.5 Å². The van der Waals surface area contributed by atoms with Crippen LogP contribution in [0.25, 0.3) is 0 Å². The average molecular weight is 205 g/mol. The summed E-state index contributed by atoms with van der Waals surface area (Å²) in [4.78, 5) is 11.9. The van der Waals surface area contributed by atoms with Gasteiger partial charge < -0.3 is 5.73 Å². The highest BCUT2D eigenvalue weighted by molar-refractivity contribution is 5.83. The maximum absolute atomic E-state index is 11.9. The van der Waals surface area contributed by atoms with Crippen LogP contribution in [0.5, 0.6) is 0 Å². The van der Waals surface area contributed by atoms with Crippen LogP contribution in [0.3, 0.4) is 0 Å². The van der Waals surface area contributed by atoms with Gasteiger partial charge in [-0.2, -0.15) is 0 Å². The Morgan fingerprint density at radius 1 is 1.27 bits per heavy atom. The van der Waals surface area contributed by atoms with E-state index in [1.807, 2.05) is 44.2 Å². The van der Waals surface area contributed by atoms with E-state index in [0.717, 1.165) is 5.56 Å². The normalized spacial score (nSPS) is 12.8. The number of hydrogen-bond acceptors (Lipinski definition) is 2. The summed E-state index contributed by atoms with van der Waals surface area (Å²) in [5, 5.41) is 0. The molecule has 0 spiro atoms. The summed E-state index contributed by atoms with van der Waals surface area (Å²) >= 11 is 0. The molecule has 0 amide bonds. The maximum atomic E-state index is 11.9. The highest BCUT2D eigenvalue weighted by Gasteiger charge is 2.20. The standard InChI is InChI=1S/C13H19NO/c1-10(2)12(9-14)13(15)8-11-6-4-3-5-7-11/h3-7,10,12H,8-9,14H2,1-2H3. The molecule has 0 aliphatic rings. The lowest BCUT2D eigenvalue weighted by Gasteiger charge is -2.17. The molecule has 0 fully saturated rings. The van der Waals surface area contributed by atoms with Crippen LogP contribution in [0.1, 0.15) is 19.4 Å². The Balaban J connectivity index is 2.62. The first kappa shape index (κ1) is 11.9. The fourth-order valence-electron chi connectivity index (χ4n) is 1.70. The van der Waals surface area contributed by atoms with Crippen molar-refractivity contribution in [2.75, 3.05) is 6.54 Å². The molecule has 0 bridgehead atoms. The minimum absolute atomic E-state index is 0.00907. The Hall–Kier alpha value is -1.15. The van der Waals surface area contributed by atoms with E-state index in [2.05, 4.69) is 0 Å². The zero-order chi connectivity index (χ0) is 11.3. The summed E-state index contributed by atoms with van der Waals surface area (Å²) in [6.07, 6.45) is 0.501. The van der Waals surface area contributed by atoms with Crippen LogP contribution < -0.4 is 5.73 Å². The zero-order valence-electron chi connectivity index (χ0n) is 9.44. The molecule has 1 aromatic carbocycles. The Morgan fingerprint density at radius 2 is 1.87 bits per heavy atom. The number of hydrogen-bond donors (Lipinski definition) is 1. The van der Waals surface area contributed by atoms with Gasteiger partial charge in [0.05, 0.1) is 0 Å². The molecule has 0 saturated carbocycles. The van der Waals surface area contributed by atoms with Gasteiger partial charge in [0.2, 0.25) is 0 Å². The van der Waals surface area contributed by atoms with Crippen LogP contribution in [0, 0.1) is 11.8 Å². The Bertz CT molecular complexity index is 306. The second kappa shape index (κ2) is 5.66. The molecule has 1 unspecified atom stereocenters. The van der Waals surface area contributed by atoms with E-state index >= 15 is 0 Å². The molecular formula is C13H19NO. The van der Waals surface area contributed by atoms with Crippen molar-refractivity contribution in [2.24, 2.45) is 17.6 Å².